The fraction of sp³-hybridized carbons (Fsp3) is 0.333. The molecule has 0 amide bonds. The highest BCUT2D eigenvalue weighted by atomic mass is 32.2. The van der Waals surface area contributed by atoms with Gasteiger partial charge in [-0.1, -0.05) is 5.16 Å². The minimum Gasteiger partial charge on any atom is -0.338 e. The summed E-state index contributed by atoms with van der Waals surface area (Å²) in [5, 5.41) is 3.86. The molecule has 1 heterocycles. The summed E-state index contributed by atoms with van der Waals surface area (Å²) in [6.45, 7) is 1.95. The van der Waals surface area contributed by atoms with Gasteiger partial charge in [0.25, 0.3) is 0 Å². The summed E-state index contributed by atoms with van der Waals surface area (Å²) >= 11 is 1.64. The number of nitrogens with zero attached hydrogens (tertiary/aromatic N) is 2. The predicted molar refractivity (Wildman–Crippen MR) is 69.5 cm³/mol. The second kappa shape index (κ2) is 5.97. The maximum atomic E-state index is 12.8. The zero-order valence-corrected chi connectivity index (χ0v) is 10.8. The zero-order chi connectivity index (χ0) is 13.0. The van der Waals surface area contributed by atoms with Crippen molar-refractivity contribution in [1.29, 1.82) is 0 Å². The van der Waals surface area contributed by atoms with Crippen molar-refractivity contribution in [2.75, 3.05) is 5.75 Å². The highest BCUT2D eigenvalue weighted by molar-refractivity contribution is 7.98. The van der Waals surface area contributed by atoms with Gasteiger partial charge >= 0.3 is 0 Å². The second-order valence-electron chi connectivity index (χ2n) is 4.01. The van der Waals surface area contributed by atoms with E-state index < -0.39 is 0 Å². The van der Waals surface area contributed by atoms with Gasteiger partial charge in [-0.2, -0.15) is 16.7 Å². The molecule has 0 saturated heterocycles. The lowest BCUT2D eigenvalue weighted by Crippen LogP contribution is -2.17. The lowest BCUT2D eigenvalue weighted by molar-refractivity contribution is 0.391. The van der Waals surface area contributed by atoms with E-state index in [1.165, 1.54) is 12.1 Å². The molecule has 0 aliphatic heterocycles. The van der Waals surface area contributed by atoms with E-state index in [0.29, 0.717) is 17.5 Å². The first-order valence-corrected chi connectivity index (χ1v) is 6.72. The van der Waals surface area contributed by atoms with Crippen LogP contribution < -0.4 is 5.73 Å². The number of nitrogens with two attached hydrogens (primary N) is 1. The van der Waals surface area contributed by atoms with Gasteiger partial charge in [-0.15, -0.1) is 0 Å². The van der Waals surface area contributed by atoms with Crippen molar-refractivity contribution in [3.8, 4) is 11.4 Å². The minimum absolute atomic E-state index is 0.148. The zero-order valence-electron chi connectivity index (χ0n) is 9.97. The van der Waals surface area contributed by atoms with Crippen molar-refractivity contribution in [2.24, 2.45) is 5.73 Å². The largest absolute Gasteiger partial charge is 0.338 e. The number of thioether (sulfide) groups is 1. The Kier molecular flexibility index (Phi) is 4.33. The summed E-state index contributed by atoms with van der Waals surface area (Å²) in [5.74, 6) is 2.23. The molecule has 0 bridgehead atoms. The Morgan fingerprint density at radius 2 is 2.11 bits per heavy atom. The Balaban J connectivity index is 1.99. The summed E-state index contributed by atoms with van der Waals surface area (Å²) in [5.41, 5.74) is 6.38. The van der Waals surface area contributed by atoms with Crippen LogP contribution in [0.5, 0.6) is 0 Å². The molecule has 6 heteroatoms. The van der Waals surface area contributed by atoms with Crippen LogP contribution in [0.4, 0.5) is 4.39 Å². The average molecular weight is 267 g/mol. The molecule has 0 saturated carbocycles. The van der Waals surface area contributed by atoms with Crippen LogP contribution in [0.3, 0.4) is 0 Å². The van der Waals surface area contributed by atoms with Crippen molar-refractivity contribution >= 4 is 11.8 Å². The molecule has 1 aromatic heterocycles. The number of benzene rings is 1. The monoisotopic (exact) mass is 267 g/mol. The first kappa shape index (κ1) is 13.0. The molecule has 0 aliphatic carbocycles. The van der Waals surface area contributed by atoms with Crippen molar-refractivity contribution < 1.29 is 8.91 Å². The molecule has 18 heavy (non-hydrogen) atoms. The summed E-state index contributed by atoms with van der Waals surface area (Å²) in [7, 11) is 0. The van der Waals surface area contributed by atoms with Crippen molar-refractivity contribution in [3.05, 3.63) is 36.0 Å². The fourth-order valence-electron chi connectivity index (χ4n) is 1.36. The van der Waals surface area contributed by atoms with E-state index in [2.05, 4.69) is 10.1 Å². The van der Waals surface area contributed by atoms with Crippen LogP contribution in [-0.2, 0) is 5.75 Å². The van der Waals surface area contributed by atoms with E-state index in [1.54, 1.807) is 23.9 Å². The van der Waals surface area contributed by atoms with Crippen LogP contribution >= 0.6 is 11.8 Å². The van der Waals surface area contributed by atoms with Gasteiger partial charge in [-0.05, 0) is 31.2 Å². The number of rotatable bonds is 5. The maximum Gasteiger partial charge on any atom is 0.236 e. The molecule has 0 aliphatic rings. The fourth-order valence-corrected chi connectivity index (χ4v) is 2.14. The Morgan fingerprint density at radius 1 is 1.39 bits per heavy atom. The van der Waals surface area contributed by atoms with Crippen LogP contribution in [0.1, 0.15) is 12.8 Å². The Bertz CT molecular complexity index is 498. The van der Waals surface area contributed by atoms with E-state index in [0.717, 1.165) is 11.3 Å². The van der Waals surface area contributed by atoms with Crippen LogP contribution in [0.25, 0.3) is 11.4 Å². The van der Waals surface area contributed by atoms with Crippen molar-refractivity contribution in [1.82, 2.24) is 10.1 Å². The van der Waals surface area contributed by atoms with Gasteiger partial charge in [0.05, 0.1) is 5.75 Å². The molecule has 96 valence electrons. The SMILES string of the molecule is CC(N)CSCc1nc(-c2ccc(F)cc2)no1. The smallest absolute Gasteiger partial charge is 0.236 e. The highest BCUT2D eigenvalue weighted by Gasteiger charge is 2.08. The molecule has 0 radical (unpaired) electrons. The Labute approximate surface area is 109 Å². The molecule has 2 aromatic rings. The van der Waals surface area contributed by atoms with Crippen LogP contribution in [-0.4, -0.2) is 21.9 Å². The molecule has 1 aromatic carbocycles. The van der Waals surface area contributed by atoms with E-state index in [-0.39, 0.29) is 11.9 Å². The Hall–Kier alpha value is -1.40. The van der Waals surface area contributed by atoms with Gasteiger partial charge in [0.15, 0.2) is 0 Å². The third kappa shape index (κ3) is 3.54. The van der Waals surface area contributed by atoms with Crippen LogP contribution in [0.2, 0.25) is 0 Å². The molecule has 1 atom stereocenters. The molecule has 0 fully saturated rings. The third-order valence-corrected chi connectivity index (χ3v) is 3.39. The lowest BCUT2D eigenvalue weighted by Gasteiger charge is -2.00. The average Bonchev–Trinajstić information content (AvgIpc) is 2.78. The maximum absolute atomic E-state index is 12.8. The third-order valence-electron chi connectivity index (χ3n) is 2.18. The van der Waals surface area contributed by atoms with E-state index in [9.17, 15) is 4.39 Å². The molecule has 0 spiro atoms. The summed E-state index contributed by atoms with van der Waals surface area (Å²) in [6, 6.07) is 6.14. The standard InChI is InChI=1S/C12H14FN3OS/c1-8(14)6-18-7-11-15-12(16-17-11)9-2-4-10(13)5-3-9/h2-5,8H,6-7,14H2,1H3. The molecule has 4 nitrogen and oxygen atoms in total. The van der Waals surface area contributed by atoms with Gasteiger partial charge in [0.2, 0.25) is 11.7 Å². The van der Waals surface area contributed by atoms with Gasteiger partial charge in [-0.25, -0.2) is 4.39 Å². The first-order chi connectivity index (χ1) is 8.65. The van der Waals surface area contributed by atoms with Gasteiger partial charge < -0.3 is 10.3 Å². The number of aromatic nitrogens is 2. The molecular weight excluding hydrogens is 253 g/mol. The highest BCUT2D eigenvalue weighted by Crippen LogP contribution is 2.18. The predicted octanol–water partition coefficient (Wildman–Crippen LogP) is 2.46. The van der Waals surface area contributed by atoms with Crippen LogP contribution in [0, 0.1) is 5.82 Å². The van der Waals surface area contributed by atoms with Crippen molar-refractivity contribution in [2.45, 2.75) is 18.7 Å². The molecule has 2 rings (SSSR count). The van der Waals surface area contributed by atoms with Crippen molar-refractivity contribution in [3.63, 3.8) is 0 Å². The van der Waals surface area contributed by atoms with E-state index in [1.807, 2.05) is 6.92 Å². The quantitative estimate of drug-likeness (QED) is 0.901. The number of halogens is 1. The normalized spacial score (nSPS) is 12.6. The summed E-state index contributed by atoms with van der Waals surface area (Å²) < 4.78 is 17.9. The molecule has 1 unspecified atom stereocenters. The lowest BCUT2D eigenvalue weighted by atomic mass is 10.2. The Morgan fingerprint density at radius 3 is 2.78 bits per heavy atom. The minimum atomic E-state index is -0.282. The second-order valence-corrected chi connectivity index (χ2v) is 5.04. The van der Waals surface area contributed by atoms with E-state index >= 15 is 0 Å². The number of hydrogen-bond acceptors (Lipinski definition) is 5. The van der Waals surface area contributed by atoms with Gasteiger partial charge in [-0.3, -0.25) is 0 Å². The first-order valence-electron chi connectivity index (χ1n) is 5.57. The topological polar surface area (TPSA) is 64.9 Å². The number of hydrogen-bond donors (Lipinski definition) is 1. The van der Waals surface area contributed by atoms with Crippen LogP contribution in [0.15, 0.2) is 28.8 Å². The van der Waals surface area contributed by atoms with Gasteiger partial charge in [0, 0.05) is 17.4 Å². The van der Waals surface area contributed by atoms with E-state index in [4.69, 9.17) is 10.3 Å². The molecular formula is C12H14FN3OS. The van der Waals surface area contributed by atoms with Gasteiger partial charge in [0.1, 0.15) is 5.82 Å². The summed E-state index contributed by atoms with van der Waals surface area (Å²) in [4.78, 5) is 4.25. The molecule has 2 N–H and O–H groups in total. The summed E-state index contributed by atoms with van der Waals surface area (Å²) in [6.07, 6.45) is 0.